The summed E-state index contributed by atoms with van der Waals surface area (Å²) < 4.78 is 5.25. The van der Waals surface area contributed by atoms with E-state index in [1.807, 2.05) is 31.2 Å². The molecule has 1 amide bonds. The fourth-order valence-electron chi connectivity index (χ4n) is 2.86. The van der Waals surface area contributed by atoms with Crippen molar-refractivity contribution < 1.29 is 19.4 Å². The number of alkyl carbamates (subject to hydrolysis) is 1. The molecule has 120 valence electrons. The number of ether oxygens (including phenoxy) is 1. The summed E-state index contributed by atoms with van der Waals surface area (Å²) in [5.41, 5.74) is 1.45. The standard InChI is InChI=1S/C17H23NO4/c1-10-6-5-7-11(8-10)14-12(15(19)20)9-13(14)18-16(21)22-17(2,3)4/h5-8,12-14H,9H2,1-4H3,(H,18,21)(H,19,20). The molecule has 1 aliphatic rings. The Kier molecular flexibility index (Phi) is 4.44. The SMILES string of the molecule is Cc1cccc(C2C(NC(=O)OC(C)(C)C)CC2C(=O)O)c1. The number of carbonyl (C=O) groups excluding carboxylic acids is 1. The summed E-state index contributed by atoms with van der Waals surface area (Å²) in [5, 5.41) is 12.1. The number of hydrogen-bond acceptors (Lipinski definition) is 3. The molecule has 22 heavy (non-hydrogen) atoms. The Labute approximate surface area is 130 Å². The number of hydrogen-bond donors (Lipinski definition) is 2. The highest BCUT2D eigenvalue weighted by atomic mass is 16.6. The van der Waals surface area contributed by atoms with Crippen LogP contribution in [0.2, 0.25) is 0 Å². The Morgan fingerprint density at radius 2 is 2.00 bits per heavy atom. The van der Waals surface area contributed by atoms with Gasteiger partial charge in [0, 0.05) is 12.0 Å². The zero-order valence-electron chi connectivity index (χ0n) is 13.4. The van der Waals surface area contributed by atoms with E-state index >= 15 is 0 Å². The van der Waals surface area contributed by atoms with Crippen molar-refractivity contribution in [3.8, 4) is 0 Å². The Bertz CT molecular complexity index is 576. The second-order valence-corrected chi connectivity index (χ2v) is 6.87. The van der Waals surface area contributed by atoms with Crippen LogP contribution in [-0.4, -0.2) is 28.8 Å². The monoisotopic (exact) mass is 305 g/mol. The third-order valence-electron chi connectivity index (χ3n) is 3.82. The molecule has 2 N–H and O–H groups in total. The third kappa shape index (κ3) is 3.78. The van der Waals surface area contributed by atoms with E-state index in [1.165, 1.54) is 0 Å². The number of aryl methyl sites for hydroxylation is 1. The van der Waals surface area contributed by atoms with E-state index in [1.54, 1.807) is 20.8 Å². The van der Waals surface area contributed by atoms with E-state index in [9.17, 15) is 14.7 Å². The number of rotatable bonds is 3. The summed E-state index contributed by atoms with van der Waals surface area (Å²) in [6.07, 6.45) is -0.0771. The molecular formula is C17H23NO4. The molecule has 3 atom stereocenters. The van der Waals surface area contributed by atoms with Gasteiger partial charge in [-0.05, 0) is 39.7 Å². The summed E-state index contributed by atoms with van der Waals surface area (Å²) >= 11 is 0. The van der Waals surface area contributed by atoms with Crippen LogP contribution in [0.3, 0.4) is 0 Å². The van der Waals surface area contributed by atoms with Crippen molar-refractivity contribution in [2.75, 3.05) is 0 Å². The highest BCUT2D eigenvalue weighted by molar-refractivity contribution is 5.75. The van der Waals surface area contributed by atoms with Gasteiger partial charge in [-0.15, -0.1) is 0 Å². The molecule has 5 heteroatoms. The molecule has 2 rings (SSSR count). The summed E-state index contributed by atoms with van der Waals surface area (Å²) in [6.45, 7) is 7.36. The first kappa shape index (κ1) is 16.3. The summed E-state index contributed by atoms with van der Waals surface area (Å²) in [5.74, 6) is -1.51. The van der Waals surface area contributed by atoms with Crippen LogP contribution in [0.25, 0.3) is 0 Å². The Morgan fingerprint density at radius 1 is 1.32 bits per heavy atom. The predicted molar refractivity (Wildman–Crippen MR) is 82.8 cm³/mol. The number of benzene rings is 1. The van der Waals surface area contributed by atoms with Crippen molar-refractivity contribution in [2.24, 2.45) is 5.92 Å². The first-order valence-corrected chi connectivity index (χ1v) is 7.46. The average molecular weight is 305 g/mol. The Morgan fingerprint density at radius 3 is 2.55 bits per heavy atom. The Hall–Kier alpha value is -2.04. The van der Waals surface area contributed by atoms with Crippen molar-refractivity contribution in [2.45, 2.75) is 51.7 Å². The van der Waals surface area contributed by atoms with Gasteiger partial charge in [-0.25, -0.2) is 4.79 Å². The van der Waals surface area contributed by atoms with Crippen molar-refractivity contribution >= 4 is 12.1 Å². The van der Waals surface area contributed by atoms with Gasteiger partial charge in [0.25, 0.3) is 0 Å². The van der Waals surface area contributed by atoms with Gasteiger partial charge in [0.05, 0.1) is 5.92 Å². The summed E-state index contributed by atoms with van der Waals surface area (Å²) in [4.78, 5) is 23.3. The van der Waals surface area contributed by atoms with Crippen LogP contribution in [0.4, 0.5) is 4.79 Å². The highest BCUT2D eigenvalue weighted by Gasteiger charge is 2.47. The van der Waals surface area contributed by atoms with E-state index in [-0.39, 0.29) is 12.0 Å². The molecule has 0 saturated heterocycles. The molecule has 3 unspecified atom stereocenters. The molecule has 0 spiro atoms. The lowest BCUT2D eigenvalue weighted by Gasteiger charge is -2.43. The van der Waals surface area contributed by atoms with Gasteiger partial charge >= 0.3 is 12.1 Å². The maximum atomic E-state index is 11.9. The van der Waals surface area contributed by atoms with Crippen molar-refractivity contribution in [3.05, 3.63) is 35.4 Å². The number of carbonyl (C=O) groups is 2. The summed E-state index contributed by atoms with van der Waals surface area (Å²) in [7, 11) is 0. The van der Waals surface area contributed by atoms with E-state index in [0.717, 1.165) is 11.1 Å². The first-order chi connectivity index (χ1) is 10.2. The van der Waals surface area contributed by atoms with E-state index < -0.39 is 23.6 Å². The average Bonchev–Trinajstić information content (AvgIpc) is 2.31. The van der Waals surface area contributed by atoms with Gasteiger partial charge in [0.1, 0.15) is 5.60 Å². The maximum absolute atomic E-state index is 11.9. The fourth-order valence-corrected chi connectivity index (χ4v) is 2.86. The second kappa shape index (κ2) is 5.99. The van der Waals surface area contributed by atoms with Crippen LogP contribution in [0, 0.1) is 12.8 Å². The van der Waals surface area contributed by atoms with Crippen molar-refractivity contribution in [1.29, 1.82) is 0 Å². The molecule has 1 fully saturated rings. The predicted octanol–water partition coefficient (Wildman–Crippen LogP) is 3.08. The lowest BCUT2D eigenvalue weighted by molar-refractivity contribution is -0.146. The van der Waals surface area contributed by atoms with Crippen LogP contribution in [0.5, 0.6) is 0 Å². The minimum Gasteiger partial charge on any atom is -0.481 e. The number of nitrogens with one attached hydrogen (secondary N) is 1. The number of carboxylic acids is 1. The lowest BCUT2D eigenvalue weighted by Crippen LogP contribution is -2.54. The lowest BCUT2D eigenvalue weighted by atomic mass is 9.66. The zero-order valence-corrected chi connectivity index (χ0v) is 13.4. The van der Waals surface area contributed by atoms with E-state index in [2.05, 4.69) is 5.32 Å². The molecule has 1 aromatic carbocycles. The minimum absolute atomic E-state index is 0.210. The molecule has 1 saturated carbocycles. The normalized spacial score (nSPS) is 24.3. The molecular weight excluding hydrogens is 282 g/mol. The molecule has 0 aliphatic heterocycles. The van der Waals surface area contributed by atoms with Crippen molar-refractivity contribution in [1.82, 2.24) is 5.32 Å². The van der Waals surface area contributed by atoms with Gasteiger partial charge in [-0.2, -0.15) is 0 Å². The topological polar surface area (TPSA) is 75.6 Å². The van der Waals surface area contributed by atoms with Crippen LogP contribution >= 0.6 is 0 Å². The molecule has 1 aromatic rings. The van der Waals surface area contributed by atoms with Gasteiger partial charge in [-0.3, -0.25) is 4.79 Å². The van der Waals surface area contributed by atoms with E-state index in [0.29, 0.717) is 6.42 Å². The minimum atomic E-state index is -0.825. The highest BCUT2D eigenvalue weighted by Crippen LogP contribution is 2.43. The molecule has 5 nitrogen and oxygen atoms in total. The smallest absolute Gasteiger partial charge is 0.407 e. The van der Waals surface area contributed by atoms with Crippen LogP contribution < -0.4 is 5.32 Å². The molecule has 1 aliphatic carbocycles. The number of amides is 1. The first-order valence-electron chi connectivity index (χ1n) is 7.46. The fraction of sp³-hybridized carbons (Fsp3) is 0.529. The molecule has 0 aromatic heterocycles. The van der Waals surface area contributed by atoms with Crippen LogP contribution in [0.1, 0.15) is 44.2 Å². The quantitative estimate of drug-likeness (QED) is 0.900. The van der Waals surface area contributed by atoms with Crippen LogP contribution in [0.15, 0.2) is 24.3 Å². The van der Waals surface area contributed by atoms with Crippen LogP contribution in [-0.2, 0) is 9.53 Å². The van der Waals surface area contributed by atoms with E-state index in [4.69, 9.17) is 4.74 Å². The number of aliphatic carboxylic acids is 1. The second-order valence-electron chi connectivity index (χ2n) is 6.87. The van der Waals surface area contributed by atoms with Gasteiger partial charge in [0.15, 0.2) is 0 Å². The molecule has 0 heterocycles. The van der Waals surface area contributed by atoms with Gasteiger partial charge in [0.2, 0.25) is 0 Å². The van der Waals surface area contributed by atoms with Crippen molar-refractivity contribution in [3.63, 3.8) is 0 Å². The maximum Gasteiger partial charge on any atom is 0.407 e. The third-order valence-corrected chi connectivity index (χ3v) is 3.82. The van der Waals surface area contributed by atoms with Gasteiger partial charge < -0.3 is 15.2 Å². The summed E-state index contributed by atoms with van der Waals surface area (Å²) in [6, 6.07) is 7.55. The zero-order chi connectivity index (χ0) is 16.5. The molecule has 0 radical (unpaired) electrons. The largest absolute Gasteiger partial charge is 0.481 e. The number of carboxylic acid groups (broad SMARTS) is 1. The molecule has 0 bridgehead atoms. The van der Waals surface area contributed by atoms with Gasteiger partial charge in [-0.1, -0.05) is 29.8 Å². The Balaban J connectivity index is 2.12.